The maximum atomic E-state index is 11.5. The average molecular weight is 340 g/mol. The average Bonchev–Trinajstić information content (AvgIpc) is 2.94. The third kappa shape index (κ3) is 8.54. The Balaban J connectivity index is 2.36. The van der Waals surface area contributed by atoms with Crippen LogP contribution >= 0.6 is 11.3 Å². The Hall–Kier alpha value is -1.63. The first-order chi connectivity index (χ1) is 11.0. The number of esters is 1. The highest BCUT2D eigenvalue weighted by atomic mass is 32.1. The van der Waals surface area contributed by atoms with E-state index in [0.29, 0.717) is 19.5 Å². The van der Waals surface area contributed by atoms with Crippen LogP contribution in [0.5, 0.6) is 0 Å². The van der Waals surface area contributed by atoms with E-state index in [2.05, 4.69) is 27.5 Å². The van der Waals surface area contributed by atoms with Crippen LogP contribution in [0, 0.1) is 0 Å². The molecule has 0 saturated heterocycles. The highest BCUT2D eigenvalue weighted by Gasteiger charge is 2.06. The fraction of sp³-hybridized carbons (Fsp3) is 0.688. The number of guanidine groups is 1. The number of aliphatic imine (C=N–C) groups is 1. The summed E-state index contributed by atoms with van der Waals surface area (Å²) in [6.07, 6.45) is 4.05. The zero-order valence-electron chi connectivity index (χ0n) is 14.5. The zero-order valence-corrected chi connectivity index (χ0v) is 15.3. The summed E-state index contributed by atoms with van der Waals surface area (Å²) in [7, 11) is 0. The van der Waals surface area contributed by atoms with Gasteiger partial charge in [-0.25, -0.2) is 4.98 Å². The van der Waals surface area contributed by atoms with Crippen molar-refractivity contribution in [2.45, 2.75) is 53.1 Å². The molecule has 0 aromatic carbocycles. The van der Waals surface area contributed by atoms with E-state index in [9.17, 15) is 4.79 Å². The van der Waals surface area contributed by atoms with Crippen LogP contribution in [-0.2, 0) is 22.4 Å². The molecule has 0 bridgehead atoms. The van der Waals surface area contributed by atoms with Gasteiger partial charge in [-0.05, 0) is 27.2 Å². The molecule has 0 aliphatic heterocycles. The van der Waals surface area contributed by atoms with Crippen LogP contribution in [0.3, 0.4) is 0 Å². The fourth-order valence-electron chi connectivity index (χ4n) is 1.84. The van der Waals surface area contributed by atoms with Crippen LogP contribution < -0.4 is 10.6 Å². The van der Waals surface area contributed by atoms with Crippen molar-refractivity contribution in [1.29, 1.82) is 0 Å². The van der Waals surface area contributed by atoms with Crippen LogP contribution in [0.2, 0.25) is 0 Å². The van der Waals surface area contributed by atoms with Gasteiger partial charge in [0.05, 0.1) is 17.5 Å². The van der Waals surface area contributed by atoms with Crippen LogP contribution in [0.25, 0.3) is 0 Å². The van der Waals surface area contributed by atoms with Crippen molar-refractivity contribution in [3.05, 3.63) is 16.1 Å². The Labute approximate surface area is 142 Å². The van der Waals surface area contributed by atoms with E-state index in [1.54, 1.807) is 11.3 Å². The van der Waals surface area contributed by atoms with Gasteiger partial charge >= 0.3 is 5.97 Å². The standard InChI is InChI=1S/C16H28N4O2S/c1-5-13-11-20-14(23-13)7-9-18-16(17-6-2)19-10-8-15(21)22-12(3)4/h11-12H,5-10H2,1-4H3,(H2,17,18,19). The summed E-state index contributed by atoms with van der Waals surface area (Å²) in [6, 6.07) is 0. The highest BCUT2D eigenvalue weighted by molar-refractivity contribution is 7.11. The molecule has 0 atom stereocenters. The molecule has 1 aromatic heterocycles. The minimum absolute atomic E-state index is 0.0734. The van der Waals surface area contributed by atoms with Crippen LogP contribution in [0.4, 0.5) is 0 Å². The first-order valence-electron chi connectivity index (χ1n) is 8.20. The van der Waals surface area contributed by atoms with Crippen LogP contribution in [-0.4, -0.2) is 42.7 Å². The number of aromatic nitrogens is 1. The SMILES string of the molecule is CCNC(=NCCc1ncc(CC)s1)NCCC(=O)OC(C)C. The van der Waals surface area contributed by atoms with Gasteiger partial charge in [-0.1, -0.05) is 6.92 Å². The second-order valence-corrected chi connectivity index (χ2v) is 6.50. The molecule has 0 aliphatic rings. The normalized spacial score (nSPS) is 11.6. The molecule has 130 valence electrons. The quantitative estimate of drug-likeness (QED) is 0.409. The molecule has 0 spiro atoms. The third-order valence-corrected chi connectivity index (χ3v) is 4.08. The van der Waals surface area contributed by atoms with Crippen molar-refractivity contribution < 1.29 is 9.53 Å². The third-order valence-electron chi connectivity index (χ3n) is 2.88. The lowest BCUT2D eigenvalue weighted by atomic mass is 10.4. The predicted molar refractivity (Wildman–Crippen MR) is 95.0 cm³/mol. The number of thiazole rings is 1. The van der Waals surface area contributed by atoms with Gasteiger partial charge in [0, 0.05) is 37.1 Å². The second kappa shape index (κ2) is 11.0. The van der Waals surface area contributed by atoms with Gasteiger partial charge in [0.25, 0.3) is 0 Å². The molecule has 0 fully saturated rings. The number of hydrogen-bond acceptors (Lipinski definition) is 5. The molecule has 1 aromatic rings. The molecule has 0 radical (unpaired) electrons. The Kier molecular flexibility index (Phi) is 9.28. The summed E-state index contributed by atoms with van der Waals surface area (Å²) >= 11 is 1.74. The van der Waals surface area contributed by atoms with Crippen molar-refractivity contribution in [3.8, 4) is 0 Å². The number of aryl methyl sites for hydroxylation is 1. The zero-order chi connectivity index (χ0) is 17.1. The minimum atomic E-state index is -0.196. The number of hydrogen-bond donors (Lipinski definition) is 2. The van der Waals surface area contributed by atoms with E-state index < -0.39 is 0 Å². The minimum Gasteiger partial charge on any atom is -0.463 e. The molecular weight excluding hydrogens is 312 g/mol. The number of nitrogens with zero attached hydrogens (tertiary/aromatic N) is 2. The van der Waals surface area contributed by atoms with E-state index in [4.69, 9.17) is 4.74 Å². The van der Waals surface area contributed by atoms with Crippen molar-refractivity contribution in [3.63, 3.8) is 0 Å². The van der Waals surface area contributed by atoms with Gasteiger partial charge in [0.2, 0.25) is 0 Å². The molecule has 1 rings (SSSR count). The van der Waals surface area contributed by atoms with Gasteiger partial charge in [-0.3, -0.25) is 9.79 Å². The summed E-state index contributed by atoms with van der Waals surface area (Å²) in [5.74, 6) is 0.523. The Morgan fingerprint density at radius 3 is 2.78 bits per heavy atom. The van der Waals surface area contributed by atoms with E-state index in [-0.39, 0.29) is 12.1 Å². The van der Waals surface area contributed by atoms with Crippen molar-refractivity contribution in [2.24, 2.45) is 4.99 Å². The molecule has 23 heavy (non-hydrogen) atoms. The number of nitrogens with one attached hydrogen (secondary N) is 2. The molecule has 0 unspecified atom stereocenters. The maximum Gasteiger partial charge on any atom is 0.307 e. The monoisotopic (exact) mass is 340 g/mol. The Morgan fingerprint density at radius 1 is 1.39 bits per heavy atom. The van der Waals surface area contributed by atoms with Gasteiger partial charge in [-0.15, -0.1) is 11.3 Å². The number of ether oxygens (including phenoxy) is 1. The van der Waals surface area contributed by atoms with Crippen molar-refractivity contribution in [1.82, 2.24) is 15.6 Å². The number of carbonyl (C=O) groups is 1. The Bertz CT molecular complexity index is 500. The van der Waals surface area contributed by atoms with Crippen molar-refractivity contribution in [2.75, 3.05) is 19.6 Å². The van der Waals surface area contributed by atoms with Gasteiger partial charge < -0.3 is 15.4 Å². The molecule has 7 heteroatoms. The summed E-state index contributed by atoms with van der Waals surface area (Å²) in [5, 5.41) is 7.43. The van der Waals surface area contributed by atoms with Gasteiger partial charge in [0.1, 0.15) is 0 Å². The van der Waals surface area contributed by atoms with Crippen molar-refractivity contribution >= 4 is 23.3 Å². The largest absolute Gasteiger partial charge is 0.463 e. The first-order valence-corrected chi connectivity index (χ1v) is 9.02. The van der Waals surface area contributed by atoms with Crippen LogP contribution in [0.1, 0.15) is 44.0 Å². The van der Waals surface area contributed by atoms with E-state index in [1.807, 2.05) is 27.0 Å². The summed E-state index contributed by atoms with van der Waals surface area (Å²) in [5.41, 5.74) is 0. The fourth-order valence-corrected chi connectivity index (χ4v) is 2.69. The highest BCUT2D eigenvalue weighted by Crippen LogP contribution is 2.13. The second-order valence-electron chi connectivity index (χ2n) is 5.30. The predicted octanol–water partition coefficient (Wildman–Crippen LogP) is 2.14. The van der Waals surface area contributed by atoms with Gasteiger partial charge in [-0.2, -0.15) is 0 Å². The summed E-state index contributed by atoms with van der Waals surface area (Å²) in [6.45, 7) is 9.79. The lowest BCUT2D eigenvalue weighted by Crippen LogP contribution is -2.38. The van der Waals surface area contributed by atoms with E-state index in [1.165, 1.54) is 4.88 Å². The number of rotatable bonds is 9. The lowest BCUT2D eigenvalue weighted by Gasteiger charge is -2.12. The molecule has 0 aliphatic carbocycles. The molecule has 1 heterocycles. The first kappa shape index (κ1) is 19.4. The summed E-state index contributed by atoms with van der Waals surface area (Å²) < 4.78 is 5.10. The smallest absolute Gasteiger partial charge is 0.307 e. The molecule has 2 N–H and O–H groups in total. The molecular formula is C16H28N4O2S. The summed E-state index contributed by atoms with van der Waals surface area (Å²) in [4.78, 5) is 21.7. The van der Waals surface area contributed by atoms with E-state index >= 15 is 0 Å². The lowest BCUT2D eigenvalue weighted by molar-refractivity contribution is -0.147. The van der Waals surface area contributed by atoms with Gasteiger partial charge in [0.15, 0.2) is 5.96 Å². The Morgan fingerprint density at radius 2 is 2.17 bits per heavy atom. The van der Waals surface area contributed by atoms with Crippen LogP contribution in [0.15, 0.2) is 11.2 Å². The van der Waals surface area contributed by atoms with E-state index in [0.717, 1.165) is 30.4 Å². The molecule has 0 saturated carbocycles. The molecule has 0 amide bonds. The maximum absolute atomic E-state index is 11.5. The number of carbonyl (C=O) groups excluding carboxylic acids is 1. The topological polar surface area (TPSA) is 75.6 Å². The molecule has 6 nitrogen and oxygen atoms in total.